The number of phenolic OH excluding ortho intramolecular Hbond substituents is 2. The van der Waals surface area contributed by atoms with Crippen LogP contribution >= 0.6 is 0 Å². The molecule has 0 radical (unpaired) electrons. The van der Waals surface area contributed by atoms with Crippen LogP contribution in [0.1, 0.15) is 25.3 Å². The predicted molar refractivity (Wildman–Crippen MR) is 105 cm³/mol. The first-order valence-corrected chi connectivity index (χ1v) is 9.42. The van der Waals surface area contributed by atoms with Crippen molar-refractivity contribution in [2.45, 2.75) is 37.9 Å². The molecule has 2 aromatic carbocycles. The first-order valence-electron chi connectivity index (χ1n) is 9.42. The van der Waals surface area contributed by atoms with E-state index in [0.717, 1.165) is 18.5 Å². The number of phenols is 2. The molecule has 2 aliphatic heterocycles. The van der Waals surface area contributed by atoms with Crippen molar-refractivity contribution in [2.24, 2.45) is 0 Å². The number of carbonyl (C=O) groups excluding carboxylic acids is 1. The summed E-state index contributed by atoms with van der Waals surface area (Å²) in [6.45, 7) is 3.38. The highest BCUT2D eigenvalue weighted by atomic mass is 19.1. The van der Waals surface area contributed by atoms with Gasteiger partial charge >= 0.3 is 0 Å². The number of rotatable bonds is 3. The number of hydrogen-bond donors (Lipinski definition) is 2. The number of benzene rings is 2. The Hall–Kier alpha value is -2.86. The minimum absolute atomic E-state index is 0.0345. The minimum atomic E-state index is -0.461. The second-order valence-corrected chi connectivity index (χ2v) is 7.68. The van der Waals surface area contributed by atoms with Crippen molar-refractivity contribution < 1.29 is 19.4 Å². The van der Waals surface area contributed by atoms with E-state index in [0.29, 0.717) is 18.7 Å². The molecule has 1 amide bonds. The largest absolute Gasteiger partial charge is 0.508 e. The van der Waals surface area contributed by atoms with Crippen LogP contribution in [-0.2, 0) is 11.3 Å². The quantitative estimate of drug-likeness (QED) is 0.852. The highest BCUT2D eigenvalue weighted by molar-refractivity contribution is 6.06. The van der Waals surface area contributed by atoms with E-state index in [2.05, 4.69) is 11.8 Å². The van der Waals surface area contributed by atoms with E-state index in [1.54, 1.807) is 35.2 Å². The Morgan fingerprint density at radius 2 is 2.04 bits per heavy atom. The SMILES string of the molecule is CC1CC2(C=CC(=O)N2c2cccc(F)c2)CCN1Cc1ccc(O)cc1O. The van der Waals surface area contributed by atoms with Crippen molar-refractivity contribution in [3.8, 4) is 11.5 Å². The molecule has 2 N–H and O–H groups in total. The molecule has 28 heavy (non-hydrogen) atoms. The lowest BCUT2D eigenvalue weighted by Crippen LogP contribution is -2.56. The summed E-state index contributed by atoms with van der Waals surface area (Å²) in [5.74, 6) is -0.375. The van der Waals surface area contributed by atoms with Crippen LogP contribution < -0.4 is 4.90 Å². The third-order valence-corrected chi connectivity index (χ3v) is 5.81. The maximum absolute atomic E-state index is 13.7. The summed E-state index contributed by atoms with van der Waals surface area (Å²) >= 11 is 0. The number of anilines is 1. The van der Waals surface area contributed by atoms with Gasteiger partial charge in [0.15, 0.2) is 0 Å². The van der Waals surface area contributed by atoms with E-state index in [9.17, 15) is 19.4 Å². The zero-order valence-corrected chi connectivity index (χ0v) is 15.7. The maximum atomic E-state index is 13.7. The van der Waals surface area contributed by atoms with E-state index in [4.69, 9.17) is 0 Å². The molecule has 146 valence electrons. The van der Waals surface area contributed by atoms with Crippen molar-refractivity contribution in [1.29, 1.82) is 0 Å². The van der Waals surface area contributed by atoms with Crippen molar-refractivity contribution in [2.75, 3.05) is 11.4 Å². The van der Waals surface area contributed by atoms with Gasteiger partial charge in [-0.15, -0.1) is 0 Å². The van der Waals surface area contributed by atoms with Crippen LogP contribution in [0.4, 0.5) is 10.1 Å². The maximum Gasteiger partial charge on any atom is 0.251 e. The van der Waals surface area contributed by atoms with Crippen LogP contribution in [-0.4, -0.2) is 39.1 Å². The fourth-order valence-corrected chi connectivity index (χ4v) is 4.39. The second-order valence-electron chi connectivity index (χ2n) is 7.68. The Morgan fingerprint density at radius 1 is 1.21 bits per heavy atom. The first kappa shape index (κ1) is 18.5. The third-order valence-electron chi connectivity index (χ3n) is 5.81. The molecule has 5 nitrogen and oxygen atoms in total. The van der Waals surface area contributed by atoms with Crippen LogP contribution in [0, 0.1) is 5.82 Å². The summed E-state index contributed by atoms with van der Waals surface area (Å²) < 4.78 is 13.7. The number of halogens is 1. The van der Waals surface area contributed by atoms with Crippen molar-refractivity contribution >= 4 is 11.6 Å². The molecule has 2 aromatic rings. The molecular weight excluding hydrogens is 359 g/mol. The summed E-state index contributed by atoms with van der Waals surface area (Å²) in [7, 11) is 0. The van der Waals surface area contributed by atoms with Crippen molar-refractivity contribution in [3.63, 3.8) is 0 Å². The molecule has 0 saturated carbocycles. The molecule has 2 atom stereocenters. The Morgan fingerprint density at radius 3 is 2.75 bits per heavy atom. The van der Waals surface area contributed by atoms with Gasteiger partial charge in [-0.25, -0.2) is 4.39 Å². The van der Waals surface area contributed by atoms with Gasteiger partial charge in [0.25, 0.3) is 5.91 Å². The Bertz CT molecular complexity index is 945. The van der Waals surface area contributed by atoms with Gasteiger partial charge in [-0.3, -0.25) is 14.6 Å². The van der Waals surface area contributed by atoms with Crippen LogP contribution in [0.25, 0.3) is 0 Å². The van der Waals surface area contributed by atoms with Gasteiger partial charge in [0, 0.05) is 42.5 Å². The summed E-state index contributed by atoms with van der Waals surface area (Å²) in [5.41, 5.74) is 0.866. The van der Waals surface area contributed by atoms with Crippen LogP contribution in [0.3, 0.4) is 0 Å². The fraction of sp³-hybridized carbons (Fsp3) is 0.318. The number of carbonyl (C=O) groups is 1. The van der Waals surface area contributed by atoms with E-state index in [1.165, 1.54) is 18.2 Å². The van der Waals surface area contributed by atoms with Gasteiger partial charge in [-0.2, -0.15) is 0 Å². The van der Waals surface area contributed by atoms with Gasteiger partial charge in [0.1, 0.15) is 17.3 Å². The summed E-state index contributed by atoms with van der Waals surface area (Å²) in [6.07, 6.45) is 4.96. The van der Waals surface area contributed by atoms with Gasteiger partial charge in [0.05, 0.1) is 5.54 Å². The van der Waals surface area contributed by atoms with Crippen LogP contribution in [0.5, 0.6) is 11.5 Å². The minimum Gasteiger partial charge on any atom is -0.508 e. The number of hydrogen-bond acceptors (Lipinski definition) is 4. The molecule has 1 fully saturated rings. The van der Waals surface area contributed by atoms with E-state index in [1.807, 2.05) is 6.08 Å². The molecular formula is C22H23FN2O3. The molecule has 0 bridgehead atoms. The number of amides is 1. The Kier molecular flexibility index (Phi) is 4.59. The number of likely N-dealkylation sites (tertiary alicyclic amines) is 1. The zero-order valence-electron chi connectivity index (χ0n) is 15.7. The monoisotopic (exact) mass is 382 g/mol. The summed E-state index contributed by atoms with van der Waals surface area (Å²) in [4.78, 5) is 16.5. The van der Waals surface area contributed by atoms with Gasteiger partial charge in [-0.1, -0.05) is 18.2 Å². The fourth-order valence-electron chi connectivity index (χ4n) is 4.39. The Labute approximate surface area is 163 Å². The lowest BCUT2D eigenvalue weighted by atomic mass is 9.82. The van der Waals surface area contributed by atoms with Crippen LogP contribution in [0.2, 0.25) is 0 Å². The second kappa shape index (κ2) is 6.95. The van der Waals surface area contributed by atoms with Gasteiger partial charge < -0.3 is 10.2 Å². The lowest BCUT2D eigenvalue weighted by Gasteiger charge is -2.47. The summed E-state index contributed by atoms with van der Waals surface area (Å²) in [6, 6.07) is 10.9. The van der Waals surface area contributed by atoms with E-state index >= 15 is 0 Å². The normalized spacial score (nSPS) is 25.0. The average molecular weight is 382 g/mol. The number of nitrogens with zero attached hydrogens (tertiary/aromatic N) is 2. The molecule has 4 rings (SSSR count). The molecule has 0 aliphatic carbocycles. The molecule has 2 aliphatic rings. The molecule has 1 saturated heterocycles. The van der Waals surface area contributed by atoms with Crippen molar-refractivity contribution in [1.82, 2.24) is 4.90 Å². The van der Waals surface area contributed by atoms with Gasteiger partial charge in [0.2, 0.25) is 0 Å². The molecule has 2 heterocycles. The topological polar surface area (TPSA) is 64.0 Å². The van der Waals surface area contributed by atoms with Crippen molar-refractivity contribution in [3.05, 3.63) is 66.0 Å². The van der Waals surface area contributed by atoms with E-state index in [-0.39, 0.29) is 29.3 Å². The summed E-state index contributed by atoms with van der Waals surface area (Å²) in [5, 5.41) is 19.5. The first-order chi connectivity index (χ1) is 13.4. The van der Waals surface area contributed by atoms with Crippen LogP contribution in [0.15, 0.2) is 54.6 Å². The molecule has 0 aromatic heterocycles. The predicted octanol–water partition coefficient (Wildman–Crippen LogP) is 3.56. The standard InChI is InChI=1S/C22H23FN2O3/c1-15-13-22(8-7-21(28)25(22)18-4-2-3-17(23)11-18)9-10-24(15)14-16-5-6-19(26)12-20(16)27/h2-8,11-12,15,26-27H,9-10,13-14H2,1H3. The Balaban J connectivity index is 1.55. The lowest BCUT2D eigenvalue weighted by molar-refractivity contribution is -0.114. The molecule has 6 heteroatoms. The third kappa shape index (κ3) is 3.24. The molecule has 2 unspecified atom stereocenters. The zero-order chi connectivity index (χ0) is 19.9. The molecule has 1 spiro atoms. The highest BCUT2D eigenvalue weighted by Gasteiger charge is 2.46. The number of piperidine rings is 1. The highest BCUT2D eigenvalue weighted by Crippen LogP contribution is 2.41. The average Bonchev–Trinajstić information content (AvgIpc) is 2.95. The smallest absolute Gasteiger partial charge is 0.251 e. The van der Waals surface area contributed by atoms with E-state index < -0.39 is 5.54 Å². The van der Waals surface area contributed by atoms with Gasteiger partial charge in [-0.05, 0) is 44.0 Å². The number of aromatic hydroxyl groups is 2.